The van der Waals surface area contributed by atoms with E-state index in [0.29, 0.717) is 16.7 Å². The average molecular weight is 324 g/mol. The Bertz CT molecular complexity index is 571. The van der Waals surface area contributed by atoms with Crippen molar-refractivity contribution in [3.63, 3.8) is 0 Å². The quantitative estimate of drug-likeness (QED) is 0.812. The molecule has 21 heavy (non-hydrogen) atoms. The molecule has 2 N–H and O–H groups in total. The summed E-state index contributed by atoms with van der Waals surface area (Å²) in [6.07, 6.45) is 0.675. The van der Waals surface area contributed by atoms with E-state index in [2.05, 4.69) is 6.92 Å². The lowest BCUT2D eigenvalue weighted by Gasteiger charge is -2.24. The average Bonchev–Trinajstić information content (AvgIpc) is 2.49. The number of rotatable bonds is 6. The SMILES string of the molecule is CCC(N)C(OCc1cccc(Cl)c1)c1ccc(Cl)cc1. The summed E-state index contributed by atoms with van der Waals surface area (Å²) in [4.78, 5) is 0. The molecule has 2 rings (SSSR count). The van der Waals surface area contributed by atoms with Crippen molar-refractivity contribution in [3.8, 4) is 0 Å². The van der Waals surface area contributed by atoms with E-state index in [1.54, 1.807) is 0 Å². The number of ether oxygens (including phenoxy) is 1. The van der Waals surface area contributed by atoms with Gasteiger partial charge in [0.1, 0.15) is 0 Å². The van der Waals surface area contributed by atoms with E-state index in [9.17, 15) is 0 Å². The number of hydrogen-bond donors (Lipinski definition) is 1. The Morgan fingerprint density at radius 3 is 2.38 bits per heavy atom. The van der Waals surface area contributed by atoms with Crippen LogP contribution in [0.4, 0.5) is 0 Å². The van der Waals surface area contributed by atoms with Gasteiger partial charge in [0, 0.05) is 16.1 Å². The lowest BCUT2D eigenvalue weighted by molar-refractivity contribution is 0.0213. The molecule has 0 spiro atoms. The number of halogens is 2. The minimum Gasteiger partial charge on any atom is -0.367 e. The van der Waals surface area contributed by atoms with Crippen molar-refractivity contribution >= 4 is 23.2 Å². The zero-order valence-corrected chi connectivity index (χ0v) is 13.4. The molecule has 0 aliphatic heterocycles. The van der Waals surface area contributed by atoms with Crippen molar-refractivity contribution in [3.05, 3.63) is 69.7 Å². The highest BCUT2D eigenvalue weighted by Gasteiger charge is 2.19. The molecule has 2 aromatic carbocycles. The maximum absolute atomic E-state index is 6.20. The van der Waals surface area contributed by atoms with Crippen molar-refractivity contribution in [2.24, 2.45) is 5.73 Å². The van der Waals surface area contributed by atoms with Gasteiger partial charge in [-0.1, -0.05) is 54.4 Å². The van der Waals surface area contributed by atoms with Crippen LogP contribution in [0.15, 0.2) is 48.5 Å². The Kier molecular flexibility index (Phi) is 6.07. The standard InChI is InChI=1S/C17H19Cl2NO/c1-2-16(20)17(13-6-8-14(18)9-7-13)21-11-12-4-3-5-15(19)10-12/h3-10,16-17H,2,11,20H2,1H3. The first-order chi connectivity index (χ1) is 10.1. The van der Waals surface area contributed by atoms with Gasteiger partial charge in [0.05, 0.1) is 12.7 Å². The van der Waals surface area contributed by atoms with Gasteiger partial charge < -0.3 is 10.5 Å². The van der Waals surface area contributed by atoms with Gasteiger partial charge in [-0.15, -0.1) is 0 Å². The minimum absolute atomic E-state index is 0.0645. The van der Waals surface area contributed by atoms with Crippen LogP contribution in [-0.2, 0) is 11.3 Å². The molecule has 0 heterocycles. The first-order valence-corrected chi connectivity index (χ1v) is 7.73. The highest BCUT2D eigenvalue weighted by molar-refractivity contribution is 6.30. The molecule has 4 heteroatoms. The van der Waals surface area contributed by atoms with Crippen LogP contribution in [0.1, 0.15) is 30.6 Å². The molecule has 2 aromatic rings. The second kappa shape index (κ2) is 7.81. The molecule has 2 atom stereocenters. The molecule has 0 bridgehead atoms. The fraction of sp³-hybridized carbons (Fsp3) is 0.294. The van der Waals surface area contributed by atoms with Crippen LogP contribution in [-0.4, -0.2) is 6.04 Å². The van der Waals surface area contributed by atoms with Gasteiger partial charge in [-0.3, -0.25) is 0 Å². The lowest BCUT2D eigenvalue weighted by atomic mass is 10.0. The Labute approximate surface area is 135 Å². The zero-order valence-electron chi connectivity index (χ0n) is 11.9. The van der Waals surface area contributed by atoms with Crippen LogP contribution in [0.25, 0.3) is 0 Å². The van der Waals surface area contributed by atoms with E-state index in [1.807, 2.05) is 48.5 Å². The van der Waals surface area contributed by atoms with Crippen LogP contribution in [0.3, 0.4) is 0 Å². The number of benzene rings is 2. The van der Waals surface area contributed by atoms with Gasteiger partial charge in [0.15, 0.2) is 0 Å². The van der Waals surface area contributed by atoms with Crippen LogP contribution < -0.4 is 5.73 Å². The Morgan fingerprint density at radius 1 is 1.05 bits per heavy atom. The van der Waals surface area contributed by atoms with Crippen LogP contribution >= 0.6 is 23.2 Å². The first-order valence-electron chi connectivity index (χ1n) is 6.97. The van der Waals surface area contributed by atoms with Crippen molar-refractivity contribution in [1.29, 1.82) is 0 Å². The van der Waals surface area contributed by atoms with E-state index in [0.717, 1.165) is 17.5 Å². The summed E-state index contributed by atoms with van der Waals surface area (Å²) < 4.78 is 6.04. The molecule has 0 radical (unpaired) electrons. The monoisotopic (exact) mass is 323 g/mol. The van der Waals surface area contributed by atoms with Gasteiger partial charge in [0.25, 0.3) is 0 Å². The molecular weight excluding hydrogens is 305 g/mol. The van der Waals surface area contributed by atoms with Crippen molar-refractivity contribution in [1.82, 2.24) is 0 Å². The molecule has 0 amide bonds. The molecule has 0 aromatic heterocycles. The van der Waals surface area contributed by atoms with E-state index in [1.165, 1.54) is 0 Å². The molecular formula is C17H19Cl2NO. The summed E-state index contributed by atoms with van der Waals surface area (Å²) in [5.74, 6) is 0. The Hall–Kier alpha value is -1.06. The molecule has 0 aliphatic carbocycles. The largest absolute Gasteiger partial charge is 0.367 e. The Morgan fingerprint density at radius 2 is 1.76 bits per heavy atom. The van der Waals surface area contributed by atoms with Crippen LogP contribution in [0.5, 0.6) is 0 Å². The molecule has 0 saturated heterocycles. The maximum Gasteiger partial charge on any atom is 0.0980 e. The molecule has 2 nitrogen and oxygen atoms in total. The predicted octanol–water partition coefficient (Wildman–Crippen LogP) is 4.99. The van der Waals surface area contributed by atoms with Gasteiger partial charge in [0.2, 0.25) is 0 Å². The van der Waals surface area contributed by atoms with Crippen molar-refractivity contribution in [2.75, 3.05) is 0 Å². The Balaban J connectivity index is 2.11. The van der Waals surface area contributed by atoms with Gasteiger partial charge in [-0.2, -0.15) is 0 Å². The van der Waals surface area contributed by atoms with E-state index in [4.69, 9.17) is 33.7 Å². The normalized spacial score (nSPS) is 13.9. The highest BCUT2D eigenvalue weighted by atomic mass is 35.5. The van der Waals surface area contributed by atoms with Gasteiger partial charge >= 0.3 is 0 Å². The van der Waals surface area contributed by atoms with E-state index in [-0.39, 0.29) is 12.1 Å². The highest BCUT2D eigenvalue weighted by Crippen LogP contribution is 2.25. The summed E-state index contributed by atoms with van der Waals surface area (Å²) in [5, 5.41) is 1.41. The maximum atomic E-state index is 6.20. The van der Waals surface area contributed by atoms with Gasteiger partial charge in [-0.25, -0.2) is 0 Å². The van der Waals surface area contributed by atoms with E-state index >= 15 is 0 Å². The third-order valence-electron chi connectivity index (χ3n) is 3.38. The van der Waals surface area contributed by atoms with E-state index < -0.39 is 0 Å². The zero-order chi connectivity index (χ0) is 15.2. The molecule has 112 valence electrons. The molecule has 0 saturated carbocycles. The smallest absolute Gasteiger partial charge is 0.0980 e. The fourth-order valence-electron chi connectivity index (χ4n) is 2.15. The number of nitrogens with two attached hydrogens (primary N) is 1. The minimum atomic E-state index is -0.161. The van der Waals surface area contributed by atoms with Crippen molar-refractivity contribution in [2.45, 2.75) is 32.1 Å². The van der Waals surface area contributed by atoms with Crippen molar-refractivity contribution < 1.29 is 4.74 Å². The van der Waals surface area contributed by atoms with Crippen LogP contribution in [0.2, 0.25) is 10.0 Å². The summed E-state index contributed by atoms with van der Waals surface area (Å²) in [6.45, 7) is 2.53. The van der Waals surface area contributed by atoms with Crippen LogP contribution in [0, 0.1) is 0 Å². The third kappa shape index (κ3) is 4.72. The number of hydrogen-bond acceptors (Lipinski definition) is 2. The summed E-state index contributed by atoms with van der Waals surface area (Å²) in [5.41, 5.74) is 8.27. The molecule has 2 unspecified atom stereocenters. The summed E-state index contributed by atoms with van der Waals surface area (Å²) >= 11 is 11.9. The topological polar surface area (TPSA) is 35.2 Å². The first kappa shape index (κ1) is 16.3. The molecule has 0 aliphatic rings. The second-order valence-electron chi connectivity index (χ2n) is 4.99. The predicted molar refractivity (Wildman–Crippen MR) is 88.7 cm³/mol. The lowest BCUT2D eigenvalue weighted by Crippen LogP contribution is -2.29. The fourth-order valence-corrected chi connectivity index (χ4v) is 2.49. The molecule has 0 fully saturated rings. The third-order valence-corrected chi connectivity index (χ3v) is 3.86. The van der Waals surface area contributed by atoms with Gasteiger partial charge in [-0.05, 0) is 41.8 Å². The summed E-state index contributed by atoms with van der Waals surface area (Å²) in [7, 11) is 0. The second-order valence-corrected chi connectivity index (χ2v) is 5.86. The summed E-state index contributed by atoms with van der Waals surface area (Å²) in [6, 6.07) is 15.2.